The Morgan fingerprint density at radius 1 is 0.500 bits per heavy atom. The summed E-state index contributed by atoms with van der Waals surface area (Å²) in [6, 6.07) is 0. The third-order valence-corrected chi connectivity index (χ3v) is 0. The van der Waals surface area contributed by atoms with Crippen molar-refractivity contribution in [2.75, 3.05) is 0 Å². The van der Waals surface area contributed by atoms with Crippen molar-refractivity contribution < 1.29 is 16.8 Å². The van der Waals surface area contributed by atoms with Crippen LogP contribution in [0.3, 0.4) is 0 Å². The van der Waals surface area contributed by atoms with Crippen molar-refractivity contribution >= 4 is 50.9 Å². The van der Waals surface area contributed by atoms with Crippen LogP contribution in [0, 0.1) is 0 Å². The van der Waals surface area contributed by atoms with E-state index >= 15 is 0 Å². The summed E-state index contributed by atoms with van der Waals surface area (Å²) in [6.07, 6.45) is 0. The molecule has 0 aliphatic heterocycles. The van der Waals surface area contributed by atoms with Crippen molar-refractivity contribution in [3.63, 3.8) is 0 Å². The van der Waals surface area contributed by atoms with E-state index in [9.17, 15) is 0 Å². The van der Waals surface area contributed by atoms with Crippen LogP contribution in [0.1, 0.15) is 0 Å². The van der Waals surface area contributed by atoms with Gasteiger partial charge in [0.15, 0.2) is 0 Å². The minimum absolute atomic E-state index is 0. The Bertz CT molecular complexity index is 3.25. The number of hydrogen-bond donors (Lipinski definition) is 0. The van der Waals surface area contributed by atoms with Gasteiger partial charge in [0.2, 0.25) is 0 Å². The predicted octanol–water partition coefficient (Wildman–Crippen LogP) is 1.73. The third kappa shape index (κ3) is 9.04. The summed E-state index contributed by atoms with van der Waals surface area (Å²) in [5.41, 5.74) is 0. The maximum Gasteiger partial charge on any atom is 0 e. The molecule has 4 heavy (non-hydrogen) atoms. The molecule has 1 radical (unpaired) electrons. The normalized spacial score (nSPS) is 0. The first-order chi connectivity index (χ1) is 0. The molecule has 0 fully saturated rings. The van der Waals surface area contributed by atoms with E-state index < -0.39 is 0 Å². The molecule has 0 aliphatic rings. The van der Waals surface area contributed by atoms with Gasteiger partial charge in [-0.15, -0.1) is 50.9 Å². The number of rotatable bonds is 0. The summed E-state index contributed by atoms with van der Waals surface area (Å²) >= 11 is 0. The average Bonchev–Trinajstić information content (AvgIpc) is 0. The second-order valence-corrected chi connectivity index (χ2v) is 0. The Hall–Kier alpha value is 1.95. The molecule has 0 saturated carbocycles. The van der Waals surface area contributed by atoms with Gasteiger partial charge < -0.3 is 0 Å². The Labute approximate surface area is 67.2 Å². The minimum Gasteiger partial charge on any atom is -0.114 e. The van der Waals surface area contributed by atoms with Crippen LogP contribution >= 0.6 is 50.9 Å². The molecule has 33 valence electrons. The standard InChI is InChI=1S/3BrH.Co/h3*1H;. The largest absolute Gasteiger partial charge is 0.114 e. The molecule has 0 nitrogen and oxygen atoms in total. The van der Waals surface area contributed by atoms with Gasteiger partial charge in [0, 0.05) is 16.8 Å². The Morgan fingerprint density at radius 3 is 0.500 bits per heavy atom. The van der Waals surface area contributed by atoms with Crippen LogP contribution in [0.4, 0.5) is 0 Å². The van der Waals surface area contributed by atoms with Crippen molar-refractivity contribution in [2.24, 2.45) is 0 Å². The monoisotopic (exact) mass is 299 g/mol. The molecule has 0 bridgehead atoms. The first-order valence-corrected chi connectivity index (χ1v) is 0. The molecule has 0 unspecified atom stereocenters. The number of halogens is 3. The van der Waals surface area contributed by atoms with Gasteiger partial charge >= 0.3 is 0 Å². The molecule has 0 N–H and O–H groups in total. The van der Waals surface area contributed by atoms with E-state index in [1.54, 1.807) is 0 Å². The van der Waals surface area contributed by atoms with E-state index in [0.717, 1.165) is 0 Å². The quantitative estimate of drug-likeness (QED) is 0.639. The van der Waals surface area contributed by atoms with Gasteiger partial charge in [-0.2, -0.15) is 0 Å². The fourth-order valence-corrected chi connectivity index (χ4v) is 0. The summed E-state index contributed by atoms with van der Waals surface area (Å²) in [7, 11) is 0. The van der Waals surface area contributed by atoms with E-state index in [-0.39, 0.29) is 67.7 Å². The van der Waals surface area contributed by atoms with Crippen LogP contribution < -0.4 is 0 Å². The van der Waals surface area contributed by atoms with Crippen molar-refractivity contribution in [3.8, 4) is 0 Å². The molecule has 0 spiro atoms. The van der Waals surface area contributed by atoms with Gasteiger partial charge in [-0.05, 0) is 0 Å². The van der Waals surface area contributed by atoms with Crippen LogP contribution in [0.25, 0.3) is 0 Å². The van der Waals surface area contributed by atoms with E-state index in [1.807, 2.05) is 0 Å². The molecule has 0 amide bonds. The summed E-state index contributed by atoms with van der Waals surface area (Å²) in [5, 5.41) is 0. The van der Waals surface area contributed by atoms with Crippen molar-refractivity contribution in [1.82, 2.24) is 0 Å². The summed E-state index contributed by atoms with van der Waals surface area (Å²) in [6.45, 7) is 0. The van der Waals surface area contributed by atoms with Crippen LogP contribution in [-0.2, 0) is 16.8 Å². The van der Waals surface area contributed by atoms with Gasteiger partial charge in [0.1, 0.15) is 0 Å². The van der Waals surface area contributed by atoms with Crippen LogP contribution in [-0.4, -0.2) is 0 Å². The zero-order valence-corrected chi connectivity index (χ0v) is 7.74. The average molecular weight is 302 g/mol. The van der Waals surface area contributed by atoms with Crippen molar-refractivity contribution in [3.05, 3.63) is 0 Å². The first-order valence-electron chi connectivity index (χ1n) is 0. The van der Waals surface area contributed by atoms with Gasteiger partial charge in [-0.1, -0.05) is 0 Å². The Morgan fingerprint density at radius 2 is 0.500 bits per heavy atom. The zero-order valence-electron chi connectivity index (χ0n) is 1.56. The topological polar surface area (TPSA) is 0 Å². The molecule has 4 heteroatoms. The molecule has 0 aliphatic carbocycles. The summed E-state index contributed by atoms with van der Waals surface area (Å²) < 4.78 is 0. The van der Waals surface area contributed by atoms with E-state index in [4.69, 9.17) is 0 Å². The fourth-order valence-electron chi connectivity index (χ4n) is 0. The van der Waals surface area contributed by atoms with Crippen LogP contribution in [0.15, 0.2) is 0 Å². The second kappa shape index (κ2) is 20.3. The molecule has 0 aromatic rings. The fraction of sp³-hybridized carbons (Fsp3) is 0. The van der Waals surface area contributed by atoms with Crippen molar-refractivity contribution in [1.29, 1.82) is 0 Å². The smallest absolute Gasteiger partial charge is 0 e. The molecule has 0 heterocycles. The maximum absolute atomic E-state index is 0. The number of hydrogen-bond acceptors (Lipinski definition) is 0. The molecule has 0 atom stereocenters. The Balaban J connectivity index is 0. The van der Waals surface area contributed by atoms with Gasteiger partial charge in [0.05, 0.1) is 0 Å². The maximum atomic E-state index is 0. The Kier molecular flexibility index (Phi) is 195. The SMILES string of the molecule is Br.Br.Br.[Co]. The van der Waals surface area contributed by atoms with E-state index in [0.29, 0.717) is 0 Å². The minimum atomic E-state index is 0. The van der Waals surface area contributed by atoms with Gasteiger partial charge in [-0.3, -0.25) is 0 Å². The van der Waals surface area contributed by atoms with Crippen molar-refractivity contribution in [2.45, 2.75) is 0 Å². The summed E-state index contributed by atoms with van der Waals surface area (Å²) in [4.78, 5) is 0. The summed E-state index contributed by atoms with van der Waals surface area (Å²) in [5.74, 6) is 0. The molecule has 0 aromatic carbocycles. The molecule has 0 saturated heterocycles. The molecular formula is H3Br3Co. The first kappa shape index (κ1) is 38.4. The van der Waals surface area contributed by atoms with E-state index in [1.165, 1.54) is 0 Å². The third-order valence-electron chi connectivity index (χ3n) is 0. The van der Waals surface area contributed by atoms with Crippen LogP contribution in [0.2, 0.25) is 0 Å². The molecular weight excluding hydrogens is 299 g/mol. The van der Waals surface area contributed by atoms with Gasteiger partial charge in [-0.25, -0.2) is 0 Å². The van der Waals surface area contributed by atoms with E-state index in [2.05, 4.69) is 0 Å². The molecule has 0 rings (SSSR count). The van der Waals surface area contributed by atoms with Gasteiger partial charge in [0.25, 0.3) is 0 Å². The second-order valence-electron chi connectivity index (χ2n) is 0. The van der Waals surface area contributed by atoms with Crippen LogP contribution in [0.5, 0.6) is 0 Å². The zero-order chi connectivity index (χ0) is 0. The molecule has 0 aromatic heterocycles. The predicted molar refractivity (Wildman–Crippen MR) is 31.0 cm³/mol.